The van der Waals surface area contributed by atoms with E-state index in [2.05, 4.69) is 15.2 Å². The zero-order chi connectivity index (χ0) is 14.8. The number of nitrogens with zero attached hydrogens (tertiary/aromatic N) is 3. The molecule has 21 heavy (non-hydrogen) atoms. The predicted molar refractivity (Wildman–Crippen MR) is 77.5 cm³/mol. The largest absolute Gasteiger partial charge is 0.464 e. The minimum atomic E-state index is 0.00896. The summed E-state index contributed by atoms with van der Waals surface area (Å²) in [5, 5.41) is 7.50. The number of benzene rings is 1. The van der Waals surface area contributed by atoms with Crippen molar-refractivity contribution in [3.63, 3.8) is 0 Å². The molecule has 0 fully saturated rings. The molecule has 0 saturated carbocycles. The molecular formula is C15H16N4O2. The lowest BCUT2D eigenvalue weighted by molar-refractivity contribution is -0.129. The van der Waals surface area contributed by atoms with Crippen molar-refractivity contribution >= 4 is 16.9 Å². The summed E-state index contributed by atoms with van der Waals surface area (Å²) in [7, 11) is 1.75. The number of aryl methyl sites for hydroxylation is 1. The van der Waals surface area contributed by atoms with Gasteiger partial charge in [-0.2, -0.15) is 5.10 Å². The number of nitrogens with one attached hydrogen (secondary N) is 1. The number of hydrogen-bond donors (Lipinski definition) is 1. The second kappa shape index (κ2) is 5.40. The molecule has 0 radical (unpaired) electrons. The molecule has 2 heterocycles. The van der Waals surface area contributed by atoms with Crippen LogP contribution in [-0.4, -0.2) is 33.0 Å². The highest BCUT2D eigenvalue weighted by molar-refractivity contribution is 5.87. The van der Waals surface area contributed by atoms with Crippen molar-refractivity contribution in [2.75, 3.05) is 7.05 Å². The monoisotopic (exact) mass is 284 g/mol. The van der Waals surface area contributed by atoms with Gasteiger partial charge in [0, 0.05) is 18.0 Å². The Balaban J connectivity index is 1.74. The molecular weight excluding hydrogens is 268 g/mol. The fourth-order valence-corrected chi connectivity index (χ4v) is 2.25. The van der Waals surface area contributed by atoms with Gasteiger partial charge in [0.2, 0.25) is 5.91 Å². The number of rotatable bonds is 4. The molecule has 6 nitrogen and oxygen atoms in total. The summed E-state index contributed by atoms with van der Waals surface area (Å²) in [5.41, 5.74) is 2.85. The Morgan fingerprint density at radius 3 is 3.05 bits per heavy atom. The summed E-state index contributed by atoms with van der Waals surface area (Å²) in [6.07, 6.45) is 3.39. The average molecular weight is 284 g/mol. The first-order valence-electron chi connectivity index (χ1n) is 6.68. The number of furan rings is 1. The molecule has 0 saturated heterocycles. The molecule has 1 aromatic carbocycles. The maximum Gasteiger partial charge on any atom is 0.227 e. The molecule has 0 aliphatic heterocycles. The normalized spacial score (nSPS) is 11.0. The zero-order valence-electron chi connectivity index (χ0n) is 12.0. The lowest BCUT2D eigenvalue weighted by atomic mass is 10.1. The van der Waals surface area contributed by atoms with Crippen LogP contribution in [0.4, 0.5) is 0 Å². The van der Waals surface area contributed by atoms with Gasteiger partial charge < -0.3 is 9.32 Å². The van der Waals surface area contributed by atoms with Crippen LogP contribution in [-0.2, 0) is 17.8 Å². The van der Waals surface area contributed by atoms with Crippen LogP contribution < -0.4 is 0 Å². The van der Waals surface area contributed by atoms with Crippen molar-refractivity contribution in [2.24, 2.45) is 0 Å². The van der Waals surface area contributed by atoms with Crippen LogP contribution in [0.1, 0.15) is 17.0 Å². The number of amides is 1. The van der Waals surface area contributed by atoms with Crippen molar-refractivity contribution in [1.82, 2.24) is 20.1 Å². The summed E-state index contributed by atoms with van der Waals surface area (Å²) in [5.74, 6) is 0.674. The van der Waals surface area contributed by atoms with Crippen molar-refractivity contribution in [1.29, 1.82) is 0 Å². The first kappa shape index (κ1) is 13.4. The van der Waals surface area contributed by atoms with Crippen molar-refractivity contribution in [2.45, 2.75) is 19.9 Å². The van der Waals surface area contributed by atoms with E-state index in [-0.39, 0.29) is 5.91 Å². The Kier molecular flexibility index (Phi) is 3.43. The van der Waals surface area contributed by atoms with E-state index in [1.807, 2.05) is 25.1 Å². The molecule has 1 amide bonds. The third-order valence-corrected chi connectivity index (χ3v) is 3.43. The Bertz CT molecular complexity index is 761. The van der Waals surface area contributed by atoms with Gasteiger partial charge in [-0.05, 0) is 18.6 Å². The van der Waals surface area contributed by atoms with Gasteiger partial charge in [-0.15, -0.1) is 0 Å². The Morgan fingerprint density at radius 2 is 2.29 bits per heavy atom. The Hall–Kier alpha value is -2.63. The van der Waals surface area contributed by atoms with Crippen LogP contribution in [0.25, 0.3) is 11.0 Å². The molecule has 3 rings (SSSR count). The van der Waals surface area contributed by atoms with E-state index in [1.54, 1.807) is 18.2 Å². The van der Waals surface area contributed by atoms with E-state index in [0.29, 0.717) is 18.8 Å². The van der Waals surface area contributed by atoms with Gasteiger partial charge in [0.05, 0.1) is 19.2 Å². The summed E-state index contributed by atoms with van der Waals surface area (Å²) in [6.45, 7) is 2.42. The molecule has 108 valence electrons. The molecule has 6 heteroatoms. The lowest BCUT2D eigenvalue weighted by Gasteiger charge is -2.14. The second-order valence-electron chi connectivity index (χ2n) is 5.12. The van der Waals surface area contributed by atoms with Gasteiger partial charge in [0.25, 0.3) is 0 Å². The third-order valence-electron chi connectivity index (χ3n) is 3.43. The van der Waals surface area contributed by atoms with Crippen LogP contribution in [0.5, 0.6) is 0 Å². The highest BCUT2D eigenvalue weighted by Gasteiger charge is 2.15. The van der Waals surface area contributed by atoms with E-state index < -0.39 is 0 Å². The Morgan fingerprint density at radius 1 is 1.43 bits per heavy atom. The molecule has 0 aliphatic rings. The minimum absolute atomic E-state index is 0.00896. The standard InChI is InChI=1S/C15H16N4O2/c1-10-3-4-12-11(8-21-13(12)5-10)6-15(20)19(2)7-14-16-9-17-18-14/h3-5,8-9H,6-7H2,1-2H3,(H,16,17,18). The summed E-state index contributed by atoms with van der Waals surface area (Å²) in [4.78, 5) is 17.9. The number of aromatic amines is 1. The summed E-state index contributed by atoms with van der Waals surface area (Å²) >= 11 is 0. The molecule has 0 bridgehead atoms. The first-order chi connectivity index (χ1) is 10.1. The molecule has 0 unspecified atom stereocenters. The van der Waals surface area contributed by atoms with Gasteiger partial charge in [0.1, 0.15) is 17.7 Å². The minimum Gasteiger partial charge on any atom is -0.464 e. The maximum atomic E-state index is 12.3. The topological polar surface area (TPSA) is 75.0 Å². The maximum absolute atomic E-state index is 12.3. The average Bonchev–Trinajstić information content (AvgIpc) is 3.08. The fourth-order valence-electron chi connectivity index (χ4n) is 2.25. The van der Waals surface area contributed by atoms with Crippen molar-refractivity contribution in [3.05, 3.63) is 47.7 Å². The van der Waals surface area contributed by atoms with Crippen molar-refractivity contribution < 1.29 is 9.21 Å². The Labute approximate surface area is 121 Å². The number of fused-ring (bicyclic) bond motifs is 1. The van der Waals surface area contributed by atoms with E-state index in [9.17, 15) is 4.79 Å². The van der Waals surface area contributed by atoms with Gasteiger partial charge >= 0.3 is 0 Å². The third kappa shape index (κ3) is 2.79. The molecule has 0 atom stereocenters. The van der Waals surface area contributed by atoms with E-state index in [4.69, 9.17) is 4.42 Å². The van der Waals surface area contributed by atoms with Gasteiger partial charge in [-0.25, -0.2) is 4.98 Å². The second-order valence-corrected chi connectivity index (χ2v) is 5.12. The summed E-state index contributed by atoms with van der Waals surface area (Å²) < 4.78 is 5.52. The SMILES string of the molecule is Cc1ccc2c(CC(=O)N(C)Cc3ncn[nH]3)coc2c1. The van der Waals surface area contributed by atoms with Gasteiger partial charge in [0.15, 0.2) is 0 Å². The smallest absolute Gasteiger partial charge is 0.227 e. The van der Waals surface area contributed by atoms with Gasteiger partial charge in [-0.3, -0.25) is 9.89 Å². The van der Waals surface area contributed by atoms with E-state index in [0.717, 1.165) is 22.1 Å². The van der Waals surface area contributed by atoms with Crippen LogP contribution in [0.2, 0.25) is 0 Å². The zero-order valence-corrected chi connectivity index (χ0v) is 12.0. The number of likely N-dealkylation sites (N-methyl/N-ethyl adjacent to an activating group) is 1. The molecule has 1 N–H and O–H groups in total. The van der Waals surface area contributed by atoms with Crippen LogP contribution in [0, 0.1) is 6.92 Å². The number of carbonyl (C=O) groups excluding carboxylic acids is 1. The van der Waals surface area contributed by atoms with E-state index in [1.165, 1.54) is 6.33 Å². The highest BCUT2D eigenvalue weighted by atomic mass is 16.3. The van der Waals surface area contributed by atoms with Crippen LogP contribution in [0.3, 0.4) is 0 Å². The quantitative estimate of drug-likeness (QED) is 0.795. The van der Waals surface area contributed by atoms with E-state index >= 15 is 0 Å². The molecule has 0 aliphatic carbocycles. The number of carbonyl (C=O) groups is 1. The van der Waals surface area contributed by atoms with Gasteiger partial charge in [-0.1, -0.05) is 12.1 Å². The first-order valence-corrected chi connectivity index (χ1v) is 6.68. The van der Waals surface area contributed by atoms with Crippen LogP contribution >= 0.6 is 0 Å². The number of aromatic nitrogens is 3. The molecule has 3 aromatic rings. The van der Waals surface area contributed by atoms with Crippen LogP contribution in [0.15, 0.2) is 35.2 Å². The number of H-pyrrole nitrogens is 1. The lowest BCUT2D eigenvalue weighted by Crippen LogP contribution is -2.28. The predicted octanol–water partition coefficient (Wildman–Crippen LogP) is 2.06. The molecule has 2 aromatic heterocycles. The fraction of sp³-hybridized carbons (Fsp3) is 0.267. The number of hydrogen-bond acceptors (Lipinski definition) is 4. The highest BCUT2D eigenvalue weighted by Crippen LogP contribution is 2.23. The molecule has 0 spiro atoms. The summed E-state index contributed by atoms with van der Waals surface area (Å²) in [6, 6.07) is 5.98. The van der Waals surface area contributed by atoms with Crippen molar-refractivity contribution in [3.8, 4) is 0 Å².